The van der Waals surface area contributed by atoms with E-state index in [4.69, 9.17) is 9.47 Å². The number of anilines is 1. The standard InChI is InChI=1S/C21H29F3N2O4/c1-3-12-29-14-20(28)8-6-19(7-9-20)10-11-26(18(19)27)16-4-5-17(25-13-16)30-15(2)21(22,23)24/h4-5,13,15,28H,3,6-12,14H2,1-2H3/t15-,19-,20+/m1/s1. The van der Waals surface area contributed by atoms with E-state index in [-0.39, 0.29) is 18.4 Å². The number of rotatable bonds is 7. The van der Waals surface area contributed by atoms with Gasteiger partial charge in [0.15, 0.2) is 6.10 Å². The maximum Gasteiger partial charge on any atom is 0.425 e. The highest BCUT2D eigenvalue weighted by atomic mass is 19.4. The third kappa shape index (κ3) is 4.88. The second-order valence-corrected chi connectivity index (χ2v) is 8.42. The van der Waals surface area contributed by atoms with Crippen molar-refractivity contribution in [3.63, 3.8) is 0 Å². The van der Waals surface area contributed by atoms with E-state index in [2.05, 4.69) is 4.98 Å². The van der Waals surface area contributed by atoms with Crippen molar-refractivity contribution in [3.8, 4) is 5.88 Å². The number of hydrogen-bond acceptors (Lipinski definition) is 5. The summed E-state index contributed by atoms with van der Waals surface area (Å²) in [4.78, 5) is 18.7. The summed E-state index contributed by atoms with van der Waals surface area (Å²) in [6.07, 6.45) is -1.29. The van der Waals surface area contributed by atoms with Gasteiger partial charge in [0.25, 0.3) is 0 Å². The first-order valence-corrected chi connectivity index (χ1v) is 10.4. The van der Waals surface area contributed by atoms with Crippen LogP contribution < -0.4 is 9.64 Å². The summed E-state index contributed by atoms with van der Waals surface area (Å²) >= 11 is 0. The van der Waals surface area contributed by atoms with Gasteiger partial charge >= 0.3 is 6.18 Å². The van der Waals surface area contributed by atoms with Crippen molar-refractivity contribution in [1.82, 2.24) is 4.98 Å². The van der Waals surface area contributed by atoms with E-state index in [1.807, 2.05) is 6.92 Å². The molecule has 1 saturated carbocycles. The van der Waals surface area contributed by atoms with Gasteiger partial charge in [-0.3, -0.25) is 4.79 Å². The van der Waals surface area contributed by atoms with Gasteiger partial charge in [0.05, 0.1) is 29.5 Å². The largest absolute Gasteiger partial charge is 0.465 e. The number of pyridine rings is 1. The van der Waals surface area contributed by atoms with Crippen molar-refractivity contribution >= 4 is 11.6 Å². The van der Waals surface area contributed by atoms with E-state index in [1.54, 1.807) is 11.0 Å². The maximum atomic E-state index is 13.2. The normalized spacial score (nSPS) is 28.2. The lowest BCUT2D eigenvalue weighted by Crippen LogP contribution is -2.45. The molecule has 0 radical (unpaired) electrons. The Hall–Kier alpha value is -1.87. The molecule has 1 saturated heterocycles. The van der Waals surface area contributed by atoms with E-state index >= 15 is 0 Å². The monoisotopic (exact) mass is 430 g/mol. The molecule has 1 aliphatic carbocycles. The lowest BCUT2D eigenvalue weighted by Gasteiger charge is -2.40. The molecule has 0 aromatic carbocycles. The topological polar surface area (TPSA) is 71.9 Å². The van der Waals surface area contributed by atoms with Crippen LogP contribution in [0.5, 0.6) is 5.88 Å². The van der Waals surface area contributed by atoms with Crippen molar-refractivity contribution in [2.45, 2.75) is 70.3 Å². The molecular weight excluding hydrogens is 401 g/mol. The number of hydrogen-bond donors (Lipinski definition) is 1. The molecule has 2 heterocycles. The Kier molecular flexibility index (Phi) is 6.62. The van der Waals surface area contributed by atoms with Crippen LogP contribution in [-0.2, 0) is 9.53 Å². The zero-order valence-corrected chi connectivity index (χ0v) is 17.4. The van der Waals surface area contributed by atoms with Gasteiger partial charge in [-0.2, -0.15) is 13.2 Å². The number of aromatic nitrogens is 1. The fraction of sp³-hybridized carbons (Fsp3) is 0.714. The Morgan fingerprint density at radius 2 is 1.93 bits per heavy atom. The molecule has 1 aromatic rings. The molecule has 1 N–H and O–H groups in total. The van der Waals surface area contributed by atoms with Crippen LogP contribution in [0.25, 0.3) is 0 Å². The number of nitrogens with zero attached hydrogens (tertiary/aromatic N) is 2. The number of amides is 1. The second kappa shape index (κ2) is 8.70. The van der Waals surface area contributed by atoms with E-state index in [0.717, 1.165) is 13.3 Å². The SMILES string of the molecule is CCCOC[C@]1(O)CC[C@]2(CCN(c3ccc(O[C@H](C)C(F)(F)F)nc3)C2=O)CC1. The minimum absolute atomic E-state index is 0.0156. The molecule has 2 fully saturated rings. The Bertz CT molecular complexity index is 731. The highest BCUT2D eigenvalue weighted by molar-refractivity contribution is 5.99. The summed E-state index contributed by atoms with van der Waals surface area (Å²) in [5, 5.41) is 10.7. The molecule has 0 bridgehead atoms. The zero-order chi connectivity index (χ0) is 22.0. The molecule has 30 heavy (non-hydrogen) atoms. The lowest BCUT2D eigenvalue weighted by molar-refractivity contribution is -0.189. The first-order chi connectivity index (χ1) is 14.1. The molecule has 1 aromatic heterocycles. The Morgan fingerprint density at radius 1 is 1.23 bits per heavy atom. The third-order valence-electron chi connectivity index (χ3n) is 6.16. The van der Waals surface area contributed by atoms with Crippen molar-refractivity contribution in [3.05, 3.63) is 18.3 Å². The minimum Gasteiger partial charge on any atom is -0.465 e. The summed E-state index contributed by atoms with van der Waals surface area (Å²) in [6, 6.07) is 2.90. The molecule has 6 nitrogen and oxygen atoms in total. The predicted octanol–water partition coefficient (Wildman–Crippen LogP) is 3.87. The van der Waals surface area contributed by atoms with Crippen LogP contribution in [0, 0.1) is 5.41 Å². The number of carbonyl (C=O) groups excluding carboxylic acids is 1. The molecule has 168 valence electrons. The van der Waals surface area contributed by atoms with Crippen LogP contribution >= 0.6 is 0 Å². The smallest absolute Gasteiger partial charge is 0.425 e. The average molecular weight is 430 g/mol. The van der Waals surface area contributed by atoms with Gasteiger partial charge in [-0.15, -0.1) is 0 Å². The lowest BCUT2D eigenvalue weighted by atomic mass is 9.68. The molecule has 3 rings (SSSR count). The Morgan fingerprint density at radius 3 is 2.50 bits per heavy atom. The van der Waals surface area contributed by atoms with E-state index in [0.29, 0.717) is 50.9 Å². The van der Waals surface area contributed by atoms with E-state index in [9.17, 15) is 23.1 Å². The quantitative estimate of drug-likeness (QED) is 0.665. The number of carbonyl (C=O) groups is 1. The average Bonchev–Trinajstić information content (AvgIpc) is 3.01. The van der Waals surface area contributed by atoms with Crippen LogP contribution in [0.15, 0.2) is 18.3 Å². The van der Waals surface area contributed by atoms with Gasteiger partial charge < -0.3 is 19.5 Å². The first kappa shape index (κ1) is 22.8. The van der Waals surface area contributed by atoms with Crippen LogP contribution in [0.4, 0.5) is 18.9 Å². The second-order valence-electron chi connectivity index (χ2n) is 8.42. The van der Waals surface area contributed by atoms with Gasteiger partial charge in [0.2, 0.25) is 11.8 Å². The number of halogens is 3. The van der Waals surface area contributed by atoms with Crippen molar-refractivity contribution in [2.75, 3.05) is 24.7 Å². The molecule has 0 unspecified atom stereocenters. The summed E-state index contributed by atoms with van der Waals surface area (Å²) in [5.41, 5.74) is -0.850. The third-order valence-corrected chi connectivity index (χ3v) is 6.16. The highest BCUT2D eigenvalue weighted by Gasteiger charge is 2.51. The zero-order valence-electron chi connectivity index (χ0n) is 17.4. The number of aliphatic hydroxyl groups is 1. The number of ether oxygens (including phenoxy) is 2. The van der Waals surface area contributed by atoms with Gasteiger partial charge in [-0.25, -0.2) is 4.98 Å². The van der Waals surface area contributed by atoms with E-state index in [1.165, 1.54) is 12.3 Å². The van der Waals surface area contributed by atoms with Crippen LogP contribution in [0.1, 0.15) is 52.4 Å². The molecule has 2 aliphatic rings. The van der Waals surface area contributed by atoms with Crippen molar-refractivity contribution < 1.29 is 32.5 Å². The fourth-order valence-electron chi connectivity index (χ4n) is 4.13. The minimum atomic E-state index is -4.47. The van der Waals surface area contributed by atoms with Crippen LogP contribution in [0.3, 0.4) is 0 Å². The van der Waals surface area contributed by atoms with Gasteiger partial charge in [-0.1, -0.05) is 6.92 Å². The summed E-state index contributed by atoms with van der Waals surface area (Å²) in [6.45, 7) is 4.34. The van der Waals surface area contributed by atoms with Gasteiger partial charge in [-0.05, 0) is 51.5 Å². The molecule has 1 atom stereocenters. The molecule has 1 amide bonds. The number of alkyl halides is 3. The first-order valence-electron chi connectivity index (χ1n) is 10.4. The summed E-state index contributed by atoms with van der Waals surface area (Å²) in [5.74, 6) is -0.155. The summed E-state index contributed by atoms with van der Waals surface area (Å²) < 4.78 is 48.2. The highest BCUT2D eigenvalue weighted by Crippen LogP contribution is 2.48. The predicted molar refractivity (Wildman–Crippen MR) is 104 cm³/mol. The van der Waals surface area contributed by atoms with Crippen LogP contribution in [-0.4, -0.2) is 53.6 Å². The Labute approximate surface area is 174 Å². The fourth-order valence-corrected chi connectivity index (χ4v) is 4.13. The molecule has 9 heteroatoms. The van der Waals surface area contributed by atoms with Crippen molar-refractivity contribution in [1.29, 1.82) is 0 Å². The van der Waals surface area contributed by atoms with Crippen molar-refractivity contribution in [2.24, 2.45) is 5.41 Å². The molecule has 1 aliphatic heterocycles. The van der Waals surface area contributed by atoms with Gasteiger partial charge in [0, 0.05) is 19.2 Å². The molecule has 1 spiro atoms. The van der Waals surface area contributed by atoms with Crippen LogP contribution in [0.2, 0.25) is 0 Å². The molecular formula is C21H29F3N2O4. The summed E-state index contributed by atoms with van der Waals surface area (Å²) in [7, 11) is 0. The van der Waals surface area contributed by atoms with E-state index < -0.39 is 23.3 Å². The van der Waals surface area contributed by atoms with Gasteiger partial charge in [0.1, 0.15) is 0 Å². The maximum absolute atomic E-state index is 13.2. The Balaban J connectivity index is 1.60.